The quantitative estimate of drug-likeness (QED) is 0.0887. The number of esters is 1. The average Bonchev–Trinajstić information content (AvgIpc) is 2.88. The topological polar surface area (TPSA) is 96.5 Å². The number of rotatable bonds is 10. The zero-order valence-corrected chi connectivity index (χ0v) is 25.2. The van der Waals surface area contributed by atoms with Crippen molar-refractivity contribution in [3.63, 3.8) is 0 Å². The highest BCUT2D eigenvalue weighted by molar-refractivity contribution is 6.50. The maximum atomic E-state index is 13.9. The molecule has 2 amide bonds. The summed E-state index contributed by atoms with van der Waals surface area (Å²) >= 11 is 18.6. The Morgan fingerprint density at radius 2 is 1.63 bits per heavy atom. The maximum absolute atomic E-state index is 13.9. The first-order valence-corrected chi connectivity index (χ1v) is 13.7. The summed E-state index contributed by atoms with van der Waals surface area (Å²) in [6.07, 6.45) is -5.02. The summed E-state index contributed by atoms with van der Waals surface area (Å²) in [5, 5.41) is 8.38. The van der Waals surface area contributed by atoms with Gasteiger partial charge in [-0.15, -0.1) is 23.2 Å². The third-order valence-electron chi connectivity index (χ3n) is 6.09. The number of benzene rings is 3. The van der Waals surface area contributed by atoms with E-state index in [-0.39, 0.29) is 34.4 Å². The highest BCUT2D eigenvalue weighted by Crippen LogP contribution is 2.41. The van der Waals surface area contributed by atoms with Gasteiger partial charge >= 0.3 is 12.1 Å². The molecule has 7 nitrogen and oxygen atoms in total. The summed E-state index contributed by atoms with van der Waals surface area (Å²) in [6.45, 7) is 4.86. The summed E-state index contributed by atoms with van der Waals surface area (Å²) < 4.78 is 56.8. The lowest BCUT2D eigenvalue weighted by molar-refractivity contribution is -0.141. The molecule has 3 aromatic rings. The Morgan fingerprint density at radius 1 is 0.953 bits per heavy atom. The van der Waals surface area contributed by atoms with Crippen molar-refractivity contribution in [2.75, 3.05) is 29.1 Å². The van der Waals surface area contributed by atoms with Crippen LogP contribution < -0.4 is 16.0 Å². The van der Waals surface area contributed by atoms with Crippen molar-refractivity contribution in [3.05, 3.63) is 87.7 Å². The Bertz CT molecular complexity index is 1530. The third kappa shape index (κ3) is 9.22. The second-order valence-electron chi connectivity index (χ2n) is 9.56. The number of aryl methyl sites for hydroxylation is 1. The molecule has 0 saturated heterocycles. The van der Waals surface area contributed by atoms with Gasteiger partial charge in [0.1, 0.15) is 16.8 Å². The number of amides is 2. The molecule has 0 aliphatic rings. The van der Waals surface area contributed by atoms with E-state index in [1.54, 1.807) is 25.1 Å². The molecule has 230 valence electrons. The van der Waals surface area contributed by atoms with E-state index in [0.29, 0.717) is 29.9 Å². The SMILES string of the molecule is CC(=O)OCCNc1ccc(NC(=O)c2cc(NC(=O)[C@H](c3ccc(F)c(C(F)(F)F)c3)C(C)(Cl)Cl)ccc2Cl)c(C)c1. The molecule has 0 radical (unpaired) electrons. The minimum atomic E-state index is -5.02. The van der Waals surface area contributed by atoms with Crippen LogP contribution in [0.2, 0.25) is 5.02 Å². The number of carbonyl (C=O) groups excluding carboxylic acids is 3. The van der Waals surface area contributed by atoms with Crippen molar-refractivity contribution in [2.24, 2.45) is 0 Å². The first kappa shape index (κ1) is 34.0. The number of anilines is 3. The Labute approximate surface area is 259 Å². The first-order chi connectivity index (χ1) is 20.0. The second kappa shape index (κ2) is 13.8. The molecule has 0 unspecified atom stereocenters. The molecular weight excluding hydrogens is 637 g/mol. The maximum Gasteiger partial charge on any atom is 0.419 e. The first-order valence-electron chi connectivity index (χ1n) is 12.6. The smallest absolute Gasteiger partial charge is 0.419 e. The van der Waals surface area contributed by atoms with Crippen LogP contribution in [0.4, 0.5) is 34.6 Å². The standard InChI is InChI=1S/C29H26Cl3F4N3O4/c1-15-12-18(37-10-11-43-16(2)40)6-9-24(15)39-26(41)20-14-19(5-7-22(20)30)38-27(42)25(28(3,31)32)17-4-8-23(33)21(13-17)29(34,35)36/h4-9,12-14,25,37H,10-11H2,1-3H3,(H,38,42)(H,39,41)/t25-/m0/s1. The fourth-order valence-electron chi connectivity index (χ4n) is 4.10. The second-order valence-corrected chi connectivity index (χ2v) is 11.7. The van der Waals surface area contributed by atoms with E-state index in [1.165, 1.54) is 32.0 Å². The van der Waals surface area contributed by atoms with E-state index < -0.39 is 39.6 Å². The van der Waals surface area contributed by atoms with Gasteiger partial charge in [0.05, 0.1) is 22.1 Å². The minimum Gasteiger partial charge on any atom is -0.464 e. The van der Waals surface area contributed by atoms with E-state index in [4.69, 9.17) is 39.5 Å². The Kier molecular flexibility index (Phi) is 10.9. The van der Waals surface area contributed by atoms with Crippen molar-refractivity contribution in [2.45, 2.75) is 37.2 Å². The normalized spacial score (nSPS) is 12.3. The Hall–Kier alpha value is -3.54. The van der Waals surface area contributed by atoms with Gasteiger partial charge in [-0.1, -0.05) is 17.7 Å². The number of carbonyl (C=O) groups is 3. The molecule has 0 bridgehead atoms. The number of hydrogen-bond donors (Lipinski definition) is 3. The number of nitrogens with one attached hydrogen (secondary N) is 3. The molecule has 14 heteroatoms. The van der Waals surface area contributed by atoms with Gasteiger partial charge in [0.15, 0.2) is 0 Å². The molecule has 0 aliphatic heterocycles. The van der Waals surface area contributed by atoms with Crippen LogP contribution in [0.15, 0.2) is 54.6 Å². The van der Waals surface area contributed by atoms with Crippen LogP contribution in [0.1, 0.15) is 46.8 Å². The van der Waals surface area contributed by atoms with Crippen LogP contribution in [0.5, 0.6) is 0 Å². The van der Waals surface area contributed by atoms with E-state index >= 15 is 0 Å². The van der Waals surface area contributed by atoms with Crippen LogP contribution in [-0.4, -0.2) is 35.3 Å². The fraction of sp³-hybridized carbons (Fsp3) is 0.276. The third-order valence-corrected chi connectivity index (χ3v) is 6.85. The van der Waals surface area contributed by atoms with Crippen LogP contribution in [0.3, 0.4) is 0 Å². The number of halogens is 7. The van der Waals surface area contributed by atoms with Gasteiger partial charge < -0.3 is 20.7 Å². The molecule has 43 heavy (non-hydrogen) atoms. The number of hydrogen-bond acceptors (Lipinski definition) is 5. The summed E-state index contributed by atoms with van der Waals surface area (Å²) in [6, 6.07) is 11.2. The molecule has 3 rings (SSSR count). The van der Waals surface area contributed by atoms with Gasteiger partial charge in [0, 0.05) is 30.5 Å². The zero-order chi connectivity index (χ0) is 32.1. The number of alkyl halides is 5. The molecule has 0 fully saturated rings. The summed E-state index contributed by atoms with van der Waals surface area (Å²) in [5.74, 6) is -4.98. The van der Waals surface area contributed by atoms with E-state index in [1.807, 2.05) is 0 Å². The molecule has 1 atom stereocenters. The lowest BCUT2D eigenvalue weighted by atomic mass is 9.92. The Morgan fingerprint density at radius 3 is 2.23 bits per heavy atom. The van der Waals surface area contributed by atoms with Gasteiger partial charge in [0.25, 0.3) is 5.91 Å². The van der Waals surface area contributed by atoms with Crippen molar-refractivity contribution in [1.29, 1.82) is 0 Å². The summed E-state index contributed by atoms with van der Waals surface area (Å²) in [5.41, 5.74) is 0.114. The summed E-state index contributed by atoms with van der Waals surface area (Å²) in [7, 11) is 0. The van der Waals surface area contributed by atoms with Crippen LogP contribution in [-0.2, 0) is 20.5 Å². The highest BCUT2D eigenvalue weighted by Gasteiger charge is 2.40. The van der Waals surface area contributed by atoms with Crippen molar-refractivity contribution in [3.8, 4) is 0 Å². The van der Waals surface area contributed by atoms with Crippen molar-refractivity contribution < 1.29 is 36.7 Å². The van der Waals surface area contributed by atoms with Gasteiger partial charge in [0.2, 0.25) is 5.91 Å². The van der Waals surface area contributed by atoms with Crippen LogP contribution >= 0.6 is 34.8 Å². The van der Waals surface area contributed by atoms with Crippen molar-refractivity contribution >= 4 is 69.6 Å². The van der Waals surface area contributed by atoms with Gasteiger partial charge in [-0.05, 0) is 73.5 Å². The number of ether oxygens (including phenoxy) is 1. The molecule has 3 aromatic carbocycles. The predicted molar refractivity (Wildman–Crippen MR) is 159 cm³/mol. The molecule has 0 saturated carbocycles. The lowest BCUT2D eigenvalue weighted by Crippen LogP contribution is -2.33. The molecule has 0 aromatic heterocycles. The van der Waals surface area contributed by atoms with E-state index in [9.17, 15) is 31.9 Å². The van der Waals surface area contributed by atoms with E-state index in [2.05, 4.69) is 16.0 Å². The predicted octanol–water partition coefficient (Wildman–Crippen LogP) is 7.95. The highest BCUT2D eigenvalue weighted by atomic mass is 35.5. The van der Waals surface area contributed by atoms with Crippen LogP contribution in [0, 0.1) is 12.7 Å². The molecule has 0 spiro atoms. The fourth-order valence-corrected chi connectivity index (χ4v) is 4.75. The largest absolute Gasteiger partial charge is 0.464 e. The van der Waals surface area contributed by atoms with Gasteiger partial charge in [-0.3, -0.25) is 14.4 Å². The molecule has 0 aliphatic carbocycles. The summed E-state index contributed by atoms with van der Waals surface area (Å²) in [4.78, 5) is 37.2. The molecule has 3 N–H and O–H groups in total. The average molecular weight is 663 g/mol. The monoisotopic (exact) mass is 661 g/mol. The zero-order valence-electron chi connectivity index (χ0n) is 23.0. The van der Waals surface area contributed by atoms with Crippen LogP contribution in [0.25, 0.3) is 0 Å². The Balaban J connectivity index is 1.79. The van der Waals surface area contributed by atoms with Crippen molar-refractivity contribution in [1.82, 2.24) is 0 Å². The van der Waals surface area contributed by atoms with Gasteiger partial charge in [-0.2, -0.15) is 13.2 Å². The lowest BCUT2D eigenvalue weighted by Gasteiger charge is -2.26. The minimum absolute atomic E-state index is 0.0142. The molecular formula is C29H26Cl3F4N3O4. The van der Waals surface area contributed by atoms with Gasteiger partial charge in [-0.25, -0.2) is 4.39 Å². The van der Waals surface area contributed by atoms with E-state index in [0.717, 1.165) is 11.8 Å². The molecule has 0 heterocycles.